The van der Waals surface area contributed by atoms with E-state index in [2.05, 4.69) is 5.09 Å². The predicted molar refractivity (Wildman–Crippen MR) is 147 cm³/mol. The van der Waals surface area contributed by atoms with Gasteiger partial charge in [-0.15, -0.1) is 0 Å². The van der Waals surface area contributed by atoms with Gasteiger partial charge in [-0.25, -0.2) is 13.8 Å². The lowest BCUT2D eigenvalue weighted by Gasteiger charge is -2.27. The number of halogens is 1. The summed E-state index contributed by atoms with van der Waals surface area (Å²) in [6, 6.07) is 10.1. The van der Waals surface area contributed by atoms with Crippen molar-refractivity contribution in [3.8, 4) is 5.75 Å². The molecule has 1 aliphatic heterocycles. The van der Waals surface area contributed by atoms with Crippen LogP contribution < -0.4 is 20.9 Å². The smallest absolute Gasteiger partial charge is 0.459 e. The van der Waals surface area contributed by atoms with Crippen molar-refractivity contribution in [2.24, 2.45) is 5.92 Å². The maximum Gasteiger partial charge on any atom is 0.459 e. The number of hydrogen-bond donors (Lipinski definition) is 3. The van der Waals surface area contributed by atoms with Crippen LogP contribution in [0.4, 0.5) is 4.39 Å². The highest BCUT2D eigenvalue weighted by Gasteiger charge is 2.56. The number of carbonyl (C=O) groups excluding carboxylic acids is 1. The van der Waals surface area contributed by atoms with Crippen LogP contribution in [-0.2, 0) is 23.4 Å². The van der Waals surface area contributed by atoms with E-state index in [4.69, 9.17) is 21.3 Å². The second kappa shape index (κ2) is 12.3. The number of benzene rings is 2. The van der Waals surface area contributed by atoms with Crippen LogP contribution in [-0.4, -0.2) is 58.3 Å². The molecule has 1 fully saturated rings. The van der Waals surface area contributed by atoms with Crippen LogP contribution in [0.2, 0.25) is 0 Å². The standard InChI is InChI=1S/C27H33FN3O9P/c1-16(2)14-19(24(34)37-4)30-41(36,40-20-11-7-9-17-8-5-6-10-18(17)20)38-15-21-23(33)27(3,28)25(39-21)31-13-12-22(32)29-26(31)35/h5-13,16,19,21,23,25,33H,14-15H2,1-4H3,(H,30,36)(H,29,32,35)/t19?,21-,23-,25-,27-,41?/m1/s1/i12D,13D. The zero-order valence-corrected chi connectivity index (χ0v) is 23.7. The molecule has 2 aromatic carbocycles. The maximum atomic E-state index is 15.8. The fourth-order valence-electron chi connectivity index (χ4n) is 4.51. The molecule has 3 aromatic rings. The number of aromatic nitrogens is 2. The summed E-state index contributed by atoms with van der Waals surface area (Å²) in [5.74, 6) is -0.642. The van der Waals surface area contributed by atoms with E-state index in [0.29, 0.717) is 9.95 Å². The van der Waals surface area contributed by atoms with Crippen LogP contribution in [0.5, 0.6) is 5.75 Å². The van der Waals surface area contributed by atoms with Crippen molar-refractivity contribution in [3.05, 3.63) is 75.5 Å². The summed E-state index contributed by atoms with van der Waals surface area (Å²) < 4.78 is 68.2. The lowest BCUT2D eigenvalue weighted by atomic mass is 9.98. The van der Waals surface area contributed by atoms with Crippen LogP contribution in [0, 0.1) is 5.92 Å². The third kappa shape index (κ3) is 6.77. The highest BCUT2D eigenvalue weighted by Crippen LogP contribution is 2.49. The van der Waals surface area contributed by atoms with Gasteiger partial charge in [-0.05, 0) is 30.7 Å². The molecule has 2 heterocycles. The third-order valence-corrected chi connectivity index (χ3v) is 8.12. The lowest BCUT2D eigenvalue weighted by Crippen LogP contribution is -2.44. The Morgan fingerprint density at radius 1 is 1.29 bits per heavy atom. The molecule has 1 aliphatic rings. The van der Waals surface area contributed by atoms with Gasteiger partial charge in [-0.1, -0.05) is 50.2 Å². The number of hydrogen-bond acceptors (Lipinski definition) is 9. The summed E-state index contributed by atoms with van der Waals surface area (Å²) in [4.78, 5) is 38.6. The number of ether oxygens (including phenoxy) is 2. The van der Waals surface area contributed by atoms with Gasteiger partial charge in [0.15, 0.2) is 11.9 Å². The van der Waals surface area contributed by atoms with Gasteiger partial charge < -0.3 is 19.1 Å². The fraction of sp³-hybridized carbons (Fsp3) is 0.444. The molecule has 4 rings (SSSR count). The molecule has 3 N–H and O–H groups in total. The molecule has 1 saturated heterocycles. The van der Waals surface area contributed by atoms with Crippen LogP contribution in [0.1, 0.15) is 36.2 Å². The summed E-state index contributed by atoms with van der Waals surface area (Å²) >= 11 is 0. The minimum absolute atomic E-state index is 0.0489. The highest BCUT2D eigenvalue weighted by atomic mass is 31.2. The largest absolute Gasteiger partial charge is 0.468 e. The van der Waals surface area contributed by atoms with Gasteiger partial charge in [0.25, 0.3) is 5.56 Å². The first-order valence-electron chi connectivity index (χ1n) is 13.8. The topological polar surface area (TPSA) is 158 Å². The van der Waals surface area contributed by atoms with E-state index in [1.165, 1.54) is 7.11 Å². The van der Waals surface area contributed by atoms with Crippen LogP contribution in [0.3, 0.4) is 0 Å². The number of nitrogens with one attached hydrogen (secondary N) is 2. The first kappa shape index (κ1) is 27.8. The zero-order valence-electron chi connectivity index (χ0n) is 24.8. The normalized spacial score (nSPS) is 25.4. The van der Waals surface area contributed by atoms with Gasteiger partial charge in [0, 0.05) is 17.6 Å². The average molecular weight is 596 g/mol. The summed E-state index contributed by atoms with van der Waals surface area (Å²) in [6.07, 6.45) is -6.25. The van der Waals surface area contributed by atoms with Crippen LogP contribution in [0.15, 0.2) is 64.3 Å². The molecule has 0 radical (unpaired) electrons. The zero-order chi connectivity index (χ0) is 31.7. The molecule has 41 heavy (non-hydrogen) atoms. The minimum atomic E-state index is -4.52. The number of aromatic amines is 1. The number of aliphatic hydroxyl groups is 1. The number of nitrogens with zero attached hydrogens (tertiary/aromatic N) is 1. The Hall–Kier alpha value is -3.35. The maximum absolute atomic E-state index is 15.8. The molecule has 6 atom stereocenters. The Balaban J connectivity index is 1.67. The van der Waals surface area contributed by atoms with Gasteiger partial charge in [-0.3, -0.25) is 23.7 Å². The monoisotopic (exact) mass is 595 g/mol. The van der Waals surface area contributed by atoms with Crippen molar-refractivity contribution in [1.29, 1.82) is 0 Å². The van der Waals surface area contributed by atoms with Crippen molar-refractivity contribution in [2.45, 2.75) is 57.3 Å². The van der Waals surface area contributed by atoms with Crippen LogP contribution >= 0.6 is 7.75 Å². The number of fused-ring (bicyclic) bond motifs is 1. The number of esters is 1. The van der Waals surface area contributed by atoms with Gasteiger partial charge in [-0.2, -0.15) is 5.09 Å². The molecule has 0 spiro atoms. The van der Waals surface area contributed by atoms with Crippen LogP contribution in [0.25, 0.3) is 10.8 Å². The summed E-state index contributed by atoms with van der Waals surface area (Å²) in [6.45, 7) is 3.81. The van der Waals surface area contributed by atoms with Gasteiger partial charge in [0.2, 0.25) is 0 Å². The third-order valence-electron chi connectivity index (χ3n) is 6.56. The van der Waals surface area contributed by atoms with Crippen molar-refractivity contribution in [3.63, 3.8) is 0 Å². The molecule has 0 bridgehead atoms. The number of methoxy groups -OCH3 is 1. The second-order valence-corrected chi connectivity index (χ2v) is 11.9. The first-order chi connectivity index (χ1) is 20.2. The molecule has 1 aromatic heterocycles. The summed E-state index contributed by atoms with van der Waals surface area (Å²) in [5, 5.41) is 14.8. The number of aliphatic hydroxyl groups excluding tert-OH is 1. The van der Waals surface area contributed by atoms with Gasteiger partial charge in [0.05, 0.1) is 16.5 Å². The van der Waals surface area contributed by atoms with E-state index in [-0.39, 0.29) is 18.1 Å². The van der Waals surface area contributed by atoms with E-state index >= 15 is 4.39 Å². The van der Waals surface area contributed by atoms with Crippen molar-refractivity contribution in [1.82, 2.24) is 14.6 Å². The molecule has 0 aliphatic carbocycles. The predicted octanol–water partition coefficient (Wildman–Crippen LogP) is 3.06. The first-order valence-corrected chi connectivity index (χ1v) is 14.3. The molecule has 0 saturated carbocycles. The molecule has 2 unspecified atom stereocenters. The van der Waals surface area contributed by atoms with E-state index in [1.807, 2.05) is 31.0 Å². The van der Waals surface area contributed by atoms with Gasteiger partial charge in [0.1, 0.15) is 24.0 Å². The summed E-state index contributed by atoms with van der Waals surface area (Å²) in [7, 11) is -3.35. The van der Waals surface area contributed by atoms with Crippen molar-refractivity contribution < 1.29 is 40.1 Å². The SMILES string of the molecule is [2H]c1c([2H])n([C@@H]2O[C@H](COP(=O)(NC(CC(C)C)C(=O)OC)Oc3cccc4ccccc34)[C@@H](O)[C@@]2(C)F)c(=O)[nH]c1=O. The Labute approximate surface area is 237 Å². The quantitative estimate of drug-likeness (QED) is 0.222. The number of carbonyl (C=O) groups is 1. The number of rotatable bonds is 11. The highest BCUT2D eigenvalue weighted by molar-refractivity contribution is 7.52. The molecular weight excluding hydrogens is 560 g/mol. The van der Waals surface area contributed by atoms with Gasteiger partial charge >= 0.3 is 19.4 Å². The van der Waals surface area contributed by atoms with E-state index in [0.717, 1.165) is 12.3 Å². The fourth-order valence-corrected chi connectivity index (χ4v) is 6.05. The Kier molecular flexibility index (Phi) is 8.31. The summed E-state index contributed by atoms with van der Waals surface area (Å²) in [5.41, 5.74) is -5.10. The molecular formula is C27H33FN3O9P. The van der Waals surface area contributed by atoms with E-state index in [1.54, 1.807) is 30.3 Å². The molecule has 222 valence electrons. The number of alkyl halides is 1. The Morgan fingerprint density at radius 3 is 2.71 bits per heavy atom. The second-order valence-electron chi connectivity index (χ2n) is 10.2. The lowest BCUT2D eigenvalue weighted by molar-refractivity contribution is -0.143. The molecule has 0 amide bonds. The van der Waals surface area contributed by atoms with Crippen molar-refractivity contribution in [2.75, 3.05) is 13.7 Å². The van der Waals surface area contributed by atoms with Crippen molar-refractivity contribution >= 4 is 24.5 Å². The Bertz CT molecular complexity index is 1660. The van der Waals surface area contributed by atoms with E-state index in [9.17, 15) is 24.1 Å². The number of H-pyrrole nitrogens is 1. The Morgan fingerprint density at radius 2 is 2.00 bits per heavy atom. The molecule has 14 heteroatoms. The average Bonchev–Trinajstić information content (AvgIpc) is 3.17. The minimum Gasteiger partial charge on any atom is -0.468 e. The van der Waals surface area contributed by atoms with E-state index < -0.39 is 73.9 Å². The molecule has 12 nitrogen and oxygen atoms in total.